The molecule has 0 aliphatic carbocycles. The molecule has 0 unspecified atom stereocenters. The van der Waals surface area contributed by atoms with Gasteiger partial charge in [0.2, 0.25) is 0 Å². The molecule has 0 spiro atoms. The fourth-order valence-corrected chi connectivity index (χ4v) is 3.25. The molecule has 3 rings (SSSR count). The van der Waals surface area contributed by atoms with Crippen molar-refractivity contribution in [2.24, 2.45) is 0 Å². The van der Waals surface area contributed by atoms with Crippen molar-refractivity contribution in [3.05, 3.63) is 66.2 Å². The van der Waals surface area contributed by atoms with Crippen LogP contribution in [0.2, 0.25) is 0 Å². The molecule has 28 heavy (non-hydrogen) atoms. The van der Waals surface area contributed by atoms with E-state index in [-0.39, 0.29) is 18.7 Å². The highest BCUT2D eigenvalue weighted by molar-refractivity contribution is 14.1. The van der Waals surface area contributed by atoms with Crippen molar-refractivity contribution in [3.8, 4) is 16.9 Å². The number of hydrogen-bond donors (Lipinski definition) is 0. The molecule has 0 bridgehead atoms. The van der Waals surface area contributed by atoms with Crippen LogP contribution in [0.5, 0.6) is 5.75 Å². The predicted octanol–water partition coefficient (Wildman–Crippen LogP) is 4.51. The average Bonchev–Trinajstić information content (AvgIpc) is 2.63. The molecule has 0 atom stereocenters. The van der Waals surface area contributed by atoms with E-state index >= 15 is 0 Å². The first-order chi connectivity index (χ1) is 13.2. The minimum Gasteiger partial charge on any atom is -0.486 e. The van der Waals surface area contributed by atoms with Crippen LogP contribution in [0.25, 0.3) is 11.1 Å². The number of hydrogen-bond acceptors (Lipinski definition) is 5. The lowest BCUT2D eigenvalue weighted by atomic mass is 10.1. The van der Waals surface area contributed by atoms with Crippen LogP contribution in [-0.4, -0.2) is 24.6 Å². The van der Waals surface area contributed by atoms with E-state index < -0.39 is 4.87 Å². The Morgan fingerprint density at radius 3 is 2.32 bits per heavy atom. The standard InChI is InChI=1S/C19H17ClI2N4O2/c1-19(2,20)11-26-18(27)17(13-4-6-16(22)24-8-13)14(9-25-26)28-10-12-3-5-15(21)23-7-12/h3-9H,10-11H2,1-2H3. The van der Waals surface area contributed by atoms with Gasteiger partial charge in [0.05, 0.1) is 23.2 Å². The Kier molecular flexibility index (Phi) is 6.92. The molecule has 0 radical (unpaired) electrons. The molecule has 146 valence electrons. The van der Waals surface area contributed by atoms with Crippen molar-refractivity contribution < 1.29 is 4.74 Å². The van der Waals surface area contributed by atoms with Crippen molar-refractivity contribution in [1.29, 1.82) is 0 Å². The number of ether oxygens (including phenoxy) is 1. The number of pyridine rings is 2. The Morgan fingerprint density at radius 1 is 1.07 bits per heavy atom. The molecular weight excluding hydrogens is 605 g/mol. The zero-order valence-electron chi connectivity index (χ0n) is 15.2. The summed E-state index contributed by atoms with van der Waals surface area (Å²) in [7, 11) is 0. The van der Waals surface area contributed by atoms with Gasteiger partial charge in [0.25, 0.3) is 5.56 Å². The van der Waals surface area contributed by atoms with Crippen LogP contribution in [0.1, 0.15) is 19.4 Å². The van der Waals surface area contributed by atoms with Gasteiger partial charge >= 0.3 is 0 Å². The monoisotopic (exact) mass is 622 g/mol. The molecule has 0 fully saturated rings. The van der Waals surface area contributed by atoms with Gasteiger partial charge in [0, 0.05) is 23.5 Å². The van der Waals surface area contributed by atoms with Crippen molar-refractivity contribution in [2.45, 2.75) is 31.9 Å². The average molecular weight is 623 g/mol. The van der Waals surface area contributed by atoms with Crippen LogP contribution in [0.4, 0.5) is 0 Å². The lowest BCUT2D eigenvalue weighted by Crippen LogP contribution is -2.32. The van der Waals surface area contributed by atoms with Gasteiger partial charge < -0.3 is 4.74 Å². The number of rotatable bonds is 6. The number of halogens is 3. The summed E-state index contributed by atoms with van der Waals surface area (Å²) in [6.07, 6.45) is 4.96. The fraction of sp³-hybridized carbons (Fsp3) is 0.263. The molecule has 0 saturated carbocycles. The predicted molar refractivity (Wildman–Crippen MR) is 126 cm³/mol. The zero-order chi connectivity index (χ0) is 20.3. The van der Waals surface area contributed by atoms with Gasteiger partial charge in [0.1, 0.15) is 14.0 Å². The lowest BCUT2D eigenvalue weighted by molar-refractivity contribution is 0.302. The first-order valence-electron chi connectivity index (χ1n) is 8.37. The maximum absolute atomic E-state index is 13.1. The highest BCUT2D eigenvalue weighted by Crippen LogP contribution is 2.27. The highest BCUT2D eigenvalue weighted by Gasteiger charge is 2.20. The van der Waals surface area contributed by atoms with E-state index in [0.29, 0.717) is 16.9 Å². The number of aromatic nitrogens is 4. The van der Waals surface area contributed by atoms with Gasteiger partial charge in [-0.15, -0.1) is 11.6 Å². The summed E-state index contributed by atoms with van der Waals surface area (Å²) in [4.78, 5) is 21.1. The van der Waals surface area contributed by atoms with Crippen molar-refractivity contribution >= 4 is 56.8 Å². The Balaban J connectivity index is 2.00. The second-order valence-corrected chi connectivity index (χ2v) is 9.95. The zero-order valence-corrected chi connectivity index (χ0v) is 20.3. The summed E-state index contributed by atoms with van der Waals surface area (Å²) in [6, 6.07) is 7.53. The Bertz CT molecular complexity index is 1020. The van der Waals surface area contributed by atoms with Gasteiger partial charge in [0.15, 0.2) is 5.75 Å². The molecule has 3 heterocycles. The summed E-state index contributed by atoms with van der Waals surface area (Å²) in [5, 5.41) is 4.25. The van der Waals surface area contributed by atoms with E-state index in [1.165, 1.54) is 4.68 Å². The third kappa shape index (κ3) is 5.63. The molecule has 6 nitrogen and oxygen atoms in total. The maximum Gasteiger partial charge on any atom is 0.278 e. The van der Waals surface area contributed by atoms with Gasteiger partial charge in [-0.05, 0) is 77.2 Å². The van der Waals surface area contributed by atoms with Crippen molar-refractivity contribution in [3.63, 3.8) is 0 Å². The second kappa shape index (κ2) is 9.04. The van der Waals surface area contributed by atoms with Crippen molar-refractivity contribution in [2.75, 3.05) is 0 Å². The quantitative estimate of drug-likeness (QED) is 0.230. The lowest BCUT2D eigenvalue weighted by Gasteiger charge is -2.18. The summed E-state index contributed by atoms with van der Waals surface area (Å²) >= 11 is 10.6. The van der Waals surface area contributed by atoms with Gasteiger partial charge in [-0.25, -0.2) is 14.6 Å². The van der Waals surface area contributed by atoms with Crippen molar-refractivity contribution in [1.82, 2.24) is 19.7 Å². The SMILES string of the molecule is CC(C)(Cl)Cn1ncc(OCc2ccc(I)nc2)c(-c2ccc(I)nc2)c1=O. The van der Waals surface area contributed by atoms with Gasteiger partial charge in [-0.2, -0.15) is 5.10 Å². The van der Waals surface area contributed by atoms with E-state index in [0.717, 1.165) is 13.0 Å². The van der Waals surface area contributed by atoms with Crippen LogP contribution in [0.3, 0.4) is 0 Å². The Morgan fingerprint density at radius 2 is 1.75 bits per heavy atom. The van der Waals surface area contributed by atoms with E-state index in [1.807, 2.05) is 38.1 Å². The van der Waals surface area contributed by atoms with E-state index in [1.54, 1.807) is 18.6 Å². The summed E-state index contributed by atoms with van der Waals surface area (Å²) in [6.45, 7) is 4.23. The summed E-state index contributed by atoms with van der Waals surface area (Å²) in [5.41, 5.74) is 1.72. The molecule has 0 N–H and O–H groups in total. The molecule has 9 heteroatoms. The molecular formula is C19H17ClI2N4O2. The normalized spacial score (nSPS) is 11.5. The third-order valence-corrected chi connectivity index (χ3v) is 5.13. The smallest absolute Gasteiger partial charge is 0.278 e. The largest absolute Gasteiger partial charge is 0.486 e. The van der Waals surface area contributed by atoms with Crippen LogP contribution in [-0.2, 0) is 13.2 Å². The van der Waals surface area contributed by atoms with Crippen LogP contribution in [0.15, 0.2) is 47.7 Å². The number of alkyl halides is 1. The summed E-state index contributed by atoms with van der Waals surface area (Å²) in [5.74, 6) is 0.398. The second-order valence-electron chi connectivity index (χ2n) is 6.71. The third-order valence-electron chi connectivity index (χ3n) is 3.73. The molecule has 0 saturated heterocycles. The van der Waals surface area contributed by atoms with Crippen LogP contribution < -0.4 is 10.3 Å². The molecule has 0 amide bonds. The maximum atomic E-state index is 13.1. The Hall–Kier alpha value is -1.27. The van der Waals surface area contributed by atoms with Crippen LogP contribution in [0, 0.1) is 7.40 Å². The topological polar surface area (TPSA) is 69.9 Å². The Labute approximate surface area is 195 Å². The van der Waals surface area contributed by atoms with Crippen LogP contribution >= 0.6 is 56.8 Å². The highest BCUT2D eigenvalue weighted by atomic mass is 127. The molecule has 3 aromatic heterocycles. The summed E-state index contributed by atoms with van der Waals surface area (Å²) < 4.78 is 9.03. The molecule has 3 aromatic rings. The fourth-order valence-electron chi connectivity index (χ4n) is 2.49. The first-order valence-corrected chi connectivity index (χ1v) is 10.9. The van der Waals surface area contributed by atoms with E-state index in [2.05, 4.69) is 60.2 Å². The van der Waals surface area contributed by atoms with E-state index in [4.69, 9.17) is 16.3 Å². The van der Waals surface area contributed by atoms with E-state index in [9.17, 15) is 4.79 Å². The molecule has 0 aliphatic rings. The minimum atomic E-state index is -0.604. The van der Waals surface area contributed by atoms with Gasteiger partial charge in [-0.1, -0.05) is 6.07 Å². The molecule has 0 aliphatic heterocycles. The first kappa shape index (κ1) is 21.4. The van der Waals surface area contributed by atoms with Gasteiger partial charge in [-0.3, -0.25) is 4.79 Å². The number of nitrogens with zero attached hydrogens (tertiary/aromatic N) is 4. The molecule has 0 aromatic carbocycles. The minimum absolute atomic E-state index is 0.269.